The molecule has 0 unspecified atom stereocenters. The highest BCUT2D eigenvalue weighted by molar-refractivity contribution is 8.18. The first-order valence-corrected chi connectivity index (χ1v) is 10.5. The van der Waals surface area contributed by atoms with Gasteiger partial charge < -0.3 is 14.5 Å². The minimum absolute atomic E-state index is 0.0831. The predicted octanol–water partition coefficient (Wildman–Crippen LogP) is 5.72. The van der Waals surface area contributed by atoms with Gasteiger partial charge in [-0.05, 0) is 54.6 Å². The van der Waals surface area contributed by atoms with Crippen molar-refractivity contribution in [3.8, 4) is 17.1 Å². The highest BCUT2D eigenvalue weighted by atomic mass is 35.5. The number of nitro benzene ring substituents is 1. The van der Waals surface area contributed by atoms with Crippen LogP contribution in [0.4, 0.5) is 11.4 Å². The van der Waals surface area contributed by atoms with Crippen molar-refractivity contribution >= 4 is 51.9 Å². The van der Waals surface area contributed by atoms with Crippen LogP contribution >= 0.6 is 23.4 Å². The third-order valence-corrected chi connectivity index (χ3v) is 5.99. The molecule has 0 saturated carbocycles. The van der Waals surface area contributed by atoms with Crippen LogP contribution in [0.3, 0.4) is 0 Å². The van der Waals surface area contributed by atoms with Crippen LogP contribution in [0.1, 0.15) is 11.3 Å². The molecule has 2 aromatic carbocycles. The number of benzene rings is 2. The lowest BCUT2D eigenvalue weighted by Gasteiger charge is -2.05. The number of carbonyl (C=O) groups excluding carboxylic acids is 1. The number of hydrogen-bond donors (Lipinski definition) is 1. The van der Waals surface area contributed by atoms with Crippen molar-refractivity contribution in [1.82, 2.24) is 5.32 Å². The Balaban J connectivity index is 1.58. The molecule has 0 radical (unpaired) electrons. The van der Waals surface area contributed by atoms with Gasteiger partial charge in [-0.2, -0.15) is 0 Å². The molecular formula is C22H16ClN3O5S. The second kappa shape index (κ2) is 8.89. The molecule has 1 aliphatic rings. The summed E-state index contributed by atoms with van der Waals surface area (Å²) in [6.07, 6.45) is 1.61. The molecule has 32 heavy (non-hydrogen) atoms. The van der Waals surface area contributed by atoms with Crippen molar-refractivity contribution in [1.29, 1.82) is 0 Å². The first-order chi connectivity index (χ1) is 15.4. The fourth-order valence-corrected chi connectivity index (χ4v) is 3.99. The number of amides is 1. The van der Waals surface area contributed by atoms with Gasteiger partial charge in [0, 0.05) is 17.2 Å². The summed E-state index contributed by atoms with van der Waals surface area (Å²) in [7, 11) is 1.43. The maximum absolute atomic E-state index is 12.4. The number of halogens is 1. The second-order valence-corrected chi connectivity index (χ2v) is 8.15. The van der Waals surface area contributed by atoms with Gasteiger partial charge in [-0.1, -0.05) is 17.7 Å². The van der Waals surface area contributed by atoms with Gasteiger partial charge in [0.05, 0.1) is 34.3 Å². The highest BCUT2D eigenvalue weighted by Crippen LogP contribution is 2.36. The van der Waals surface area contributed by atoms with E-state index in [1.807, 2.05) is 13.0 Å². The molecule has 1 saturated heterocycles. The molecule has 162 valence electrons. The van der Waals surface area contributed by atoms with Crippen LogP contribution in [-0.2, 0) is 4.79 Å². The number of furan rings is 1. The van der Waals surface area contributed by atoms with E-state index in [9.17, 15) is 14.9 Å². The molecule has 4 rings (SSSR count). The summed E-state index contributed by atoms with van der Waals surface area (Å²) >= 11 is 7.32. The molecule has 1 N–H and O–H groups in total. The maximum Gasteiger partial charge on any atom is 0.273 e. The number of thioether (sulfide) groups is 1. The van der Waals surface area contributed by atoms with Gasteiger partial charge in [0.1, 0.15) is 17.3 Å². The molecule has 1 fully saturated rings. The fraction of sp³-hybridized carbons (Fsp3) is 0.0909. The number of amidine groups is 1. The molecule has 2 heterocycles. The zero-order chi connectivity index (χ0) is 22.8. The number of carbonyl (C=O) groups is 1. The van der Waals surface area contributed by atoms with Crippen LogP contribution in [0.25, 0.3) is 17.4 Å². The highest BCUT2D eigenvalue weighted by Gasteiger charge is 2.25. The third kappa shape index (κ3) is 4.39. The van der Waals surface area contributed by atoms with Crippen molar-refractivity contribution in [2.24, 2.45) is 4.99 Å². The standard InChI is InChI=1S/C22H16ClN3O5S/c1-12-16(23)4-3-5-17(12)24-22-25-21(27)20(32-22)11-14-7-9-18(31-14)15-8-6-13(26(28)29)10-19(15)30-2/h3-11H,1-2H3,(H,24,25,27)/b20-11+. The minimum atomic E-state index is -0.496. The van der Waals surface area contributed by atoms with Crippen LogP contribution in [-0.4, -0.2) is 23.1 Å². The van der Waals surface area contributed by atoms with Crippen LogP contribution in [0.2, 0.25) is 5.02 Å². The number of aliphatic imine (C=N–C) groups is 1. The van der Waals surface area contributed by atoms with Crippen LogP contribution in [0.15, 0.2) is 62.8 Å². The van der Waals surface area contributed by atoms with Gasteiger partial charge in [-0.25, -0.2) is 4.99 Å². The molecule has 10 heteroatoms. The Bertz CT molecular complexity index is 1300. The summed E-state index contributed by atoms with van der Waals surface area (Å²) in [5.74, 6) is 0.917. The van der Waals surface area contributed by atoms with Crippen molar-refractivity contribution in [3.05, 3.63) is 79.9 Å². The second-order valence-electron chi connectivity index (χ2n) is 6.71. The zero-order valence-electron chi connectivity index (χ0n) is 16.9. The summed E-state index contributed by atoms with van der Waals surface area (Å²) in [6, 6.07) is 13.1. The molecule has 0 spiro atoms. The molecule has 1 aromatic heterocycles. The van der Waals surface area contributed by atoms with Crippen molar-refractivity contribution < 1.29 is 18.9 Å². The topological polar surface area (TPSA) is 107 Å². The number of rotatable bonds is 5. The number of nitro groups is 1. The van der Waals surface area contributed by atoms with Gasteiger partial charge in [0.25, 0.3) is 11.6 Å². The number of nitrogens with zero attached hydrogens (tertiary/aromatic N) is 2. The average Bonchev–Trinajstić information content (AvgIpc) is 3.37. The van der Waals surface area contributed by atoms with Crippen molar-refractivity contribution in [2.75, 3.05) is 7.11 Å². The van der Waals surface area contributed by atoms with Crippen molar-refractivity contribution in [3.63, 3.8) is 0 Å². The Kier molecular flexibility index (Phi) is 6.02. The quantitative estimate of drug-likeness (QED) is 0.291. The molecule has 3 aromatic rings. The van der Waals surface area contributed by atoms with Gasteiger partial charge in [0.2, 0.25) is 0 Å². The summed E-state index contributed by atoms with van der Waals surface area (Å²) in [4.78, 5) is 27.8. The van der Waals surface area contributed by atoms with Crippen LogP contribution in [0.5, 0.6) is 5.75 Å². The van der Waals surface area contributed by atoms with E-state index in [4.69, 9.17) is 20.8 Å². The van der Waals surface area contributed by atoms with E-state index in [0.29, 0.717) is 43.6 Å². The number of nitrogens with one attached hydrogen (secondary N) is 1. The fourth-order valence-electron chi connectivity index (χ4n) is 3.01. The molecule has 0 bridgehead atoms. The zero-order valence-corrected chi connectivity index (χ0v) is 18.5. The van der Waals surface area contributed by atoms with E-state index >= 15 is 0 Å². The van der Waals surface area contributed by atoms with E-state index in [1.165, 1.54) is 31.0 Å². The van der Waals surface area contributed by atoms with Crippen molar-refractivity contribution in [2.45, 2.75) is 6.92 Å². The van der Waals surface area contributed by atoms with E-state index in [0.717, 1.165) is 5.56 Å². The largest absolute Gasteiger partial charge is 0.496 e. The normalized spacial score (nSPS) is 15.9. The van der Waals surface area contributed by atoms with E-state index < -0.39 is 4.92 Å². The molecular weight excluding hydrogens is 454 g/mol. The molecule has 8 nitrogen and oxygen atoms in total. The van der Waals surface area contributed by atoms with E-state index in [2.05, 4.69) is 10.3 Å². The smallest absolute Gasteiger partial charge is 0.273 e. The number of methoxy groups -OCH3 is 1. The van der Waals surface area contributed by atoms with Crippen LogP contribution in [0, 0.1) is 17.0 Å². The first kappa shape index (κ1) is 21.7. The van der Waals surface area contributed by atoms with Crippen LogP contribution < -0.4 is 10.1 Å². The lowest BCUT2D eigenvalue weighted by Crippen LogP contribution is -2.19. The monoisotopic (exact) mass is 469 g/mol. The van der Waals surface area contributed by atoms with Gasteiger partial charge in [-0.15, -0.1) is 0 Å². The maximum atomic E-state index is 12.4. The lowest BCUT2D eigenvalue weighted by molar-refractivity contribution is -0.384. The van der Waals surface area contributed by atoms with Gasteiger partial charge >= 0.3 is 0 Å². The predicted molar refractivity (Wildman–Crippen MR) is 124 cm³/mol. The summed E-state index contributed by atoms with van der Waals surface area (Å²) < 4.78 is 11.1. The lowest BCUT2D eigenvalue weighted by atomic mass is 10.1. The molecule has 1 amide bonds. The summed E-state index contributed by atoms with van der Waals surface area (Å²) in [6.45, 7) is 1.86. The minimum Gasteiger partial charge on any atom is -0.496 e. The summed E-state index contributed by atoms with van der Waals surface area (Å²) in [5, 5.41) is 14.8. The SMILES string of the molecule is COc1cc([N+](=O)[O-])ccc1-c1ccc(/C=C2/SC(=Nc3cccc(Cl)c3C)NC2=O)o1. The van der Waals surface area contributed by atoms with E-state index in [1.54, 1.807) is 36.4 Å². The summed E-state index contributed by atoms with van der Waals surface area (Å²) in [5.41, 5.74) is 1.97. The number of hydrogen-bond acceptors (Lipinski definition) is 7. The first-order valence-electron chi connectivity index (χ1n) is 9.33. The molecule has 0 aliphatic carbocycles. The van der Waals surface area contributed by atoms with Gasteiger partial charge in [0.15, 0.2) is 5.17 Å². The Morgan fingerprint density at radius 3 is 2.81 bits per heavy atom. The molecule has 1 aliphatic heterocycles. The molecule has 0 atom stereocenters. The number of ether oxygens (including phenoxy) is 1. The number of non-ortho nitro benzene ring substituents is 1. The Labute approximate surface area is 192 Å². The average molecular weight is 470 g/mol. The Morgan fingerprint density at radius 1 is 1.25 bits per heavy atom. The van der Waals surface area contributed by atoms with E-state index in [-0.39, 0.29) is 11.6 Å². The Morgan fingerprint density at radius 2 is 2.06 bits per heavy atom. The Hall–Kier alpha value is -3.56. The van der Waals surface area contributed by atoms with Gasteiger partial charge in [-0.3, -0.25) is 14.9 Å². The third-order valence-electron chi connectivity index (χ3n) is 4.67.